The van der Waals surface area contributed by atoms with Crippen molar-refractivity contribution in [3.8, 4) is 11.5 Å². The number of para-hydroxylation sites is 1. The fraction of sp³-hybridized carbons (Fsp3) is 0.167. The number of hydrogen-bond acceptors (Lipinski definition) is 5. The van der Waals surface area contributed by atoms with Gasteiger partial charge in [0.2, 0.25) is 0 Å². The monoisotopic (exact) mass is 286 g/mol. The summed E-state index contributed by atoms with van der Waals surface area (Å²) in [6.45, 7) is 0.275. The highest BCUT2D eigenvalue weighted by molar-refractivity contribution is 8.79. The van der Waals surface area contributed by atoms with Crippen LogP contribution >= 0.6 is 21.6 Å². The van der Waals surface area contributed by atoms with Crippen molar-refractivity contribution in [2.45, 2.75) is 0 Å². The lowest BCUT2D eigenvalue weighted by Crippen LogP contribution is -2.00. The lowest BCUT2D eigenvalue weighted by Gasteiger charge is -2.13. The van der Waals surface area contributed by atoms with E-state index in [1.54, 1.807) is 0 Å². The lowest BCUT2D eigenvalue weighted by atomic mass is 10.3. The molecule has 6 heteroatoms. The van der Waals surface area contributed by atoms with Crippen LogP contribution in [0.15, 0.2) is 40.2 Å². The summed E-state index contributed by atoms with van der Waals surface area (Å²) >= 11 is 0. The van der Waals surface area contributed by atoms with E-state index in [4.69, 9.17) is 9.84 Å². The Morgan fingerprint density at radius 1 is 1.17 bits per heavy atom. The molecular formula is C12H11FO3S2. The Morgan fingerprint density at radius 3 is 2.56 bits per heavy atom. The van der Waals surface area contributed by atoms with Gasteiger partial charge in [0.25, 0.3) is 0 Å². The van der Waals surface area contributed by atoms with Gasteiger partial charge in [0.05, 0.1) is 6.61 Å². The molecule has 1 aliphatic rings. The van der Waals surface area contributed by atoms with Crippen LogP contribution in [0.4, 0.5) is 4.39 Å². The van der Waals surface area contributed by atoms with E-state index < -0.39 is 11.6 Å². The second-order valence-corrected chi connectivity index (χ2v) is 5.85. The minimum absolute atomic E-state index is 0.0208. The van der Waals surface area contributed by atoms with Gasteiger partial charge in [-0.3, -0.25) is 0 Å². The van der Waals surface area contributed by atoms with Gasteiger partial charge < -0.3 is 14.9 Å². The quantitative estimate of drug-likeness (QED) is 0.833. The first-order valence-corrected chi connectivity index (χ1v) is 7.31. The summed E-state index contributed by atoms with van der Waals surface area (Å²) in [7, 11) is 2.93. The number of allylic oxidation sites excluding steroid dienone is 2. The van der Waals surface area contributed by atoms with E-state index >= 15 is 0 Å². The lowest BCUT2D eigenvalue weighted by molar-refractivity contribution is 0.324. The smallest absolute Gasteiger partial charge is 0.194 e. The van der Waals surface area contributed by atoms with Crippen molar-refractivity contribution in [2.75, 3.05) is 13.2 Å². The number of rotatable bonds is 4. The summed E-state index contributed by atoms with van der Waals surface area (Å²) in [6.07, 6.45) is 3.65. The third kappa shape index (κ3) is 3.22. The summed E-state index contributed by atoms with van der Waals surface area (Å²) in [5, 5.41) is 18.3. The summed E-state index contributed by atoms with van der Waals surface area (Å²) < 4.78 is 18.4. The Labute approximate surface area is 112 Å². The standard InChI is InChI=1S/C12H11FO3S2/c13-10-2-1-3-11(12(10)15)16-7-9-5-4-8(6-14)17-18-9/h1-5,14-15H,6-7H2. The molecule has 1 aliphatic heterocycles. The molecule has 0 saturated carbocycles. The topological polar surface area (TPSA) is 49.7 Å². The predicted octanol–water partition coefficient (Wildman–Crippen LogP) is 3.07. The predicted molar refractivity (Wildman–Crippen MR) is 72.0 cm³/mol. The van der Waals surface area contributed by atoms with E-state index in [-0.39, 0.29) is 19.0 Å². The number of aromatic hydroxyl groups is 1. The molecule has 1 aromatic carbocycles. The summed E-state index contributed by atoms with van der Waals surface area (Å²) in [6, 6.07) is 4.16. The molecule has 0 bridgehead atoms. The number of aliphatic hydroxyl groups excluding tert-OH is 1. The van der Waals surface area contributed by atoms with Crippen LogP contribution in [0.25, 0.3) is 0 Å². The van der Waals surface area contributed by atoms with E-state index in [0.29, 0.717) is 0 Å². The number of hydrogen-bond donors (Lipinski definition) is 2. The molecule has 0 radical (unpaired) electrons. The summed E-state index contributed by atoms with van der Waals surface area (Å²) in [4.78, 5) is 1.80. The van der Waals surface area contributed by atoms with Crippen molar-refractivity contribution in [3.63, 3.8) is 0 Å². The molecule has 0 saturated heterocycles. The third-order valence-electron chi connectivity index (χ3n) is 2.19. The van der Waals surface area contributed by atoms with Crippen LogP contribution in [0.1, 0.15) is 0 Å². The van der Waals surface area contributed by atoms with Crippen LogP contribution in [0.5, 0.6) is 11.5 Å². The highest BCUT2D eigenvalue weighted by Gasteiger charge is 2.11. The maximum absolute atomic E-state index is 13.1. The zero-order valence-corrected chi connectivity index (χ0v) is 10.9. The molecule has 0 unspecified atom stereocenters. The van der Waals surface area contributed by atoms with Gasteiger partial charge in [-0.15, -0.1) is 0 Å². The van der Waals surface area contributed by atoms with Gasteiger partial charge in [0.15, 0.2) is 17.3 Å². The Balaban J connectivity index is 1.98. The molecule has 0 atom stereocenters. The van der Waals surface area contributed by atoms with Crippen LogP contribution in [0.3, 0.4) is 0 Å². The van der Waals surface area contributed by atoms with Crippen molar-refractivity contribution in [2.24, 2.45) is 0 Å². The molecule has 96 valence electrons. The molecular weight excluding hydrogens is 275 g/mol. The maximum Gasteiger partial charge on any atom is 0.194 e. The highest BCUT2D eigenvalue weighted by Crippen LogP contribution is 2.40. The number of aliphatic hydroxyl groups is 1. The first-order valence-electron chi connectivity index (χ1n) is 5.16. The van der Waals surface area contributed by atoms with E-state index in [0.717, 1.165) is 9.81 Å². The molecule has 2 N–H and O–H groups in total. The largest absolute Gasteiger partial charge is 0.502 e. The number of phenolic OH excluding ortho intramolecular Hbond substituents is 1. The Bertz CT molecular complexity index is 500. The molecule has 0 aromatic heterocycles. The minimum atomic E-state index is -0.699. The van der Waals surface area contributed by atoms with E-state index in [1.807, 2.05) is 12.2 Å². The number of benzene rings is 1. The van der Waals surface area contributed by atoms with Crippen LogP contribution in [0, 0.1) is 5.82 Å². The normalized spacial score (nSPS) is 15.0. The van der Waals surface area contributed by atoms with Crippen molar-refractivity contribution in [1.29, 1.82) is 0 Å². The number of phenols is 1. The van der Waals surface area contributed by atoms with Crippen LogP contribution in [-0.2, 0) is 0 Å². The second kappa shape index (κ2) is 6.17. The summed E-state index contributed by atoms with van der Waals surface area (Å²) in [5.41, 5.74) is 0. The molecule has 0 amide bonds. The van der Waals surface area contributed by atoms with Gasteiger partial charge in [-0.25, -0.2) is 4.39 Å². The molecule has 2 rings (SSSR count). The Hall–Kier alpha value is -1.11. The molecule has 0 fully saturated rings. The fourth-order valence-corrected chi connectivity index (χ4v) is 3.16. The minimum Gasteiger partial charge on any atom is -0.502 e. The second-order valence-electron chi connectivity index (χ2n) is 3.47. The number of halogens is 1. The molecule has 1 aromatic rings. The van der Waals surface area contributed by atoms with E-state index in [9.17, 15) is 9.50 Å². The van der Waals surface area contributed by atoms with E-state index in [1.165, 1.54) is 39.8 Å². The average molecular weight is 286 g/mol. The third-order valence-corrected chi connectivity index (χ3v) is 4.75. The zero-order valence-electron chi connectivity index (χ0n) is 9.30. The van der Waals surface area contributed by atoms with Crippen molar-refractivity contribution in [1.82, 2.24) is 0 Å². The van der Waals surface area contributed by atoms with Crippen molar-refractivity contribution >= 4 is 21.6 Å². The van der Waals surface area contributed by atoms with Gasteiger partial charge in [0, 0.05) is 9.81 Å². The Morgan fingerprint density at radius 2 is 1.89 bits per heavy atom. The molecule has 18 heavy (non-hydrogen) atoms. The van der Waals surface area contributed by atoms with Gasteiger partial charge in [-0.2, -0.15) is 0 Å². The number of ether oxygens (including phenoxy) is 1. The first kappa shape index (κ1) is 13.3. The van der Waals surface area contributed by atoms with Crippen LogP contribution in [0.2, 0.25) is 0 Å². The summed E-state index contributed by atoms with van der Waals surface area (Å²) in [5.74, 6) is -1.05. The van der Waals surface area contributed by atoms with Gasteiger partial charge in [-0.05, 0) is 24.3 Å². The molecule has 3 nitrogen and oxygen atoms in total. The highest BCUT2D eigenvalue weighted by atomic mass is 33.1. The fourth-order valence-electron chi connectivity index (χ4n) is 1.26. The molecule has 0 spiro atoms. The zero-order chi connectivity index (χ0) is 13.0. The van der Waals surface area contributed by atoms with Crippen LogP contribution in [-0.4, -0.2) is 23.4 Å². The Kier molecular flexibility index (Phi) is 4.57. The van der Waals surface area contributed by atoms with E-state index in [2.05, 4.69) is 0 Å². The maximum atomic E-state index is 13.1. The average Bonchev–Trinajstić information content (AvgIpc) is 2.41. The molecule has 0 aliphatic carbocycles. The molecule has 1 heterocycles. The van der Waals surface area contributed by atoms with Crippen molar-refractivity contribution in [3.05, 3.63) is 46.0 Å². The van der Waals surface area contributed by atoms with Gasteiger partial charge >= 0.3 is 0 Å². The van der Waals surface area contributed by atoms with Crippen LogP contribution < -0.4 is 4.74 Å². The SMILES string of the molecule is OCC1=CC=C(COc2cccc(F)c2O)SS1. The van der Waals surface area contributed by atoms with Crippen molar-refractivity contribution < 1.29 is 19.3 Å². The van der Waals surface area contributed by atoms with Gasteiger partial charge in [0.1, 0.15) is 6.61 Å². The first-order chi connectivity index (χ1) is 8.70. The van der Waals surface area contributed by atoms with Gasteiger partial charge in [-0.1, -0.05) is 27.7 Å².